The number of ether oxygens (including phenoxy) is 2. The molecule has 1 aromatic heterocycles. The van der Waals surface area contributed by atoms with Gasteiger partial charge >= 0.3 is 5.97 Å². The minimum atomic E-state index is -0.565. The maximum atomic E-state index is 12.2. The van der Waals surface area contributed by atoms with Crippen molar-refractivity contribution in [1.29, 1.82) is 0 Å². The van der Waals surface area contributed by atoms with Crippen LogP contribution in [0.1, 0.15) is 34.2 Å². The number of ketones is 1. The Morgan fingerprint density at radius 1 is 1.20 bits per heavy atom. The van der Waals surface area contributed by atoms with E-state index in [1.807, 2.05) is 56.7 Å². The number of esters is 1. The number of aromatic nitrogens is 1. The summed E-state index contributed by atoms with van der Waals surface area (Å²) in [4.78, 5) is 24.1. The Kier molecular flexibility index (Phi) is 6.17. The van der Waals surface area contributed by atoms with Gasteiger partial charge in [0.1, 0.15) is 5.75 Å². The average molecular weight is 341 g/mol. The number of nitrogens with zero attached hydrogens (tertiary/aromatic N) is 1. The van der Waals surface area contributed by atoms with Crippen molar-refractivity contribution in [2.45, 2.75) is 20.8 Å². The molecule has 0 N–H and O–H groups in total. The van der Waals surface area contributed by atoms with Crippen LogP contribution in [0, 0.1) is 13.8 Å². The fourth-order valence-corrected chi connectivity index (χ4v) is 2.46. The first-order valence-corrected chi connectivity index (χ1v) is 8.16. The van der Waals surface area contributed by atoms with E-state index < -0.39 is 5.97 Å². The standard InChI is InChI=1S/C20H23NO4/c1-5-24-19-9-7-6-8-16(19)10-11-20(23)25-13-18(22)17-12-14(2)21(4)15(17)3/h6-12H,5,13H2,1-4H3/b11-10+. The third-order valence-electron chi connectivity index (χ3n) is 4.04. The minimum Gasteiger partial charge on any atom is -0.493 e. The second-order valence-corrected chi connectivity index (χ2v) is 5.68. The van der Waals surface area contributed by atoms with Gasteiger partial charge in [-0.2, -0.15) is 0 Å². The van der Waals surface area contributed by atoms with Gasteiger partial charge in [-0.1, -0.05) is 18.2 Å². The van der Waals surface area contributed by atoms with Crippen molar-refractivity contribution in [3.8, 4) is 5.75 Å². The average Bonchev–Trinajstić information content (AvgIpc) is 2.86. The van der Waals surface area contributed by atoms with Crippen molar-refractivity contribution in [3.05, 3.63) is 58.9 Å². The van der Waals surface area contributed by atoms with Gasteiger partial charge in [-0.15, -0.1) is 0 Å². The van der Waals surface area contributed by atoms with Crippen LogP contribution >= 0.6 is 0 Å². The fourth-order valence-electron chi connectivity index (χ4n) is 2.46. The van der Waals surface area contributed by atoms with Crippen molar-refractivity contribution in [2.24, 2.45) is 7.05 Å². The second-order valence-electron chi connectivity index (χ2n) is 5.68. The SMILES string of the molecule is CCOc1ccccc1/C=C/C(=O)OCC(=O)c1cc(C)n(C)c1C. The quantitative estimate of drug-likeness (QED) is 0.439. The van der Waals surface area contributed by atoms with Crippen LogP contribution in [0.2, 0.25) is 0 Å². The maximum absolute atomic E-state index is 12.2. The number of hydrogen-bond acceptors (Lipinski definition) is 4. The summed E-state index contributed by atoms with van der Waals surface area (Å²) >= 11 is 0. The van der Waals surface area contributed by atoms with Crippen molar-refractivity contribution >= 4 is 17.8 Å². The molecule has 2 rings (SSSR count). The second kappa shape index (κ2) is 8.33. The van der Waals surface area contributed by atoms with Gasteiger partial charge < -0.3 is 14.0 Å². The number of carbonyl (C=O) groups is 2. The molecule has 132 valence electrons. The van der Waals surface area contributed by atoms with Crippen LogP contribution in [0.15, 0.2) is 36.4 Å². The smallest absolute Gasteiger partial charge is 0.331 e. The van der Waals surface area contributed by atoms with Crippen molar-refractivity contribution in [2.75, 3.05) is 13.2 Å². The van der Waals surface area contributed by atoms with Crippen LogP contribution < -0.4 is 4.74 Å². The molecule has 0 radical (unpaired) electrons. The lowest BCUT2D eigenvalue weighted by molar-refractivity contribution is -0.136. The molecular formula is C20H23NO4. The Balaban J connectivity index is 1.96. The molecule has 0 spiro atoms. The summed E-state index contributed by atoms with van der Waals surface area (Å²) in [5.41, 5.74) is 3.21. The molecule has 0 aliphatic rings. The summed E-state index contributed by atoms with van der Waals surface area (Å²) < 4.78 is 12.5. The monoisotopic (exact) mass is 341 g/mol. The van der Waals surface area contributed by atoms with Gasteiger partial charge in [0.05, 0.1) is 6.61 Å². The summed E-state index contributed by atoms with van der Waals surface area (Å²) in [6.45, 7) is 5.95. The molecule has 0 atom stereocenters. The largest absolute Gasteiger partial charge is 0.493 e. The molecule has 0 saturated heterocycles. The Bertz CT molecular complexity index is 802. The van der Waals surface area contributed by atoms with Crippen molar-refractivity contribution < 1.29 is 19.1 Å². The Morgan fingerprint density at radius 3 is 2.56 bits per heavy atom. The van der Waals surface area contributed by atoms with Gasteiger partial charge in [0.2, 0.25) is 5.78 Å². The van der Waals surface area contributed by atoms with E-state index in [0.29, 0.717) is 17.9 Å². The number of benzene rings is 1. The first-order valence-electron chi connectivity index (χ1n) is 8.16. The van der Waals surface area contributed by atoms with Gasteiger partial charge in [-0.25, -0.2) is 4.79 Å². The van der Waals surface area contributed by atoms with E-state index in [-0.39, 0.29) is 12.4 Å². The topological polar surface area (TPSA) is 57.5 Å². The minimum absolute atomic E-state index is 0.210. The van der Waals surface area contributed by atoms with E-state index in [2.05, 4.69) is 0 Å². The first-order chi connectivity index (χ1) is 11.9. The Labute approximate surface area is 147 Å². The highest BCUT2D eigenvalue weighted by atomic mass is 16.5. The summed E-state index contributed by atoms with van der Waals surface area (Å²) in [5, 5.41) is 0. The molecule has 0 amide bonds. The lowest BCUT2D eigenvalue weighted by Crippen LogP contribution is -2.13. The molecule has 0 aliphatic carbocycles. The molecule has 0 unspecified atom stereocenters. The third-order valence-corrected chi connectivity index (χ3v) is 4.04. The predicted octanol–water partition coefficient (Wildman–Crippen LogP) is 3.48. The van der Waals surface area contributed by atoms with Crippen LogP contribution in [0.3, 0.4) is 0 Å². The zero-order chi connectivity index (χ0) is 18.4. The predicted molar refractivity (Wildman–Crippen MR) is 96.8 cm³/mol. The molecule has 0 bridgehead atoms. The molecule has 1 aromatic carbocycles. The molecule has 2 aromatic rings. The van der Waals surface area contributed by atoms with Gasteiger partial charge in [0, 0.05) is 35.6 Å². The number of rotatable bonds is 7. The summed E-state index contributed by atoms with van der Waals surface area (Å²) in [6.07, 6.45) is 2.92. The Morgan fingerprint density at radius 2 is 1.92 bits per heavy atom. The van der Waals surface area contributed by atoms with Gasteiger partial charge in [-0.3, -0.25) is 4.79 Å². The summed E-state index contributed by atoms with van der Waals surface area (Å²) in [7, 11) is 1.89. The Hall–Kier alpha value is -2.82. The summed E-state index contributed by atoms with van der Waals surface area (Å²) in [6, 6.07) is 9.20. The molecular weight excluding hydrogens is 318 g/mol. The highest BCUT2D eigenvalue weighted by molar-refractivity contribution is 6.00. The molecule has 5 heteroatoms. The lowest BCUT2D eigenvalue weighted by atomic mass is 10.1. The third kappa shape index (κ3) is 4.59. The maximum Gasteiger partial charge on any atom is 0.331 e. The highest BCUT2D eigenvalue weighted by Crippen LogP contribution is 2.19. The van der Waals surface area contributed by atoms with E-state index in [1.54, 1.807) is 12.1 Å². The number of para-hydroxylation sites is 1. The van der Waals surface area contributed by atoms with Crippen LogP contribution in [-0.2, 0) is 16.6 Å². The highest BCUT2D eigenvalue weighted by Gasteiger charge is 2.15. The van der Waals surface area contributed by atoms with E-state index in [0.717, 1.165) is 17.0 Å². The van der Waals surface area contributed by atoms with Crippen LogP contribution in [0.25, 0.3) is 6.08 Å². The molecule has 1 heterocycles. The molecule has 25 heavy (non-hydrogen) atoms. The molecule has 0 saturated carbocycles. The van der Waals surface area contributed by atoms with Crippen LogP contribution in [-0.4, -0.2) is 29.5 Å². The van der Waals surface area contributed by atoms with Crippen LogP contribution in [0.4, 0.5) is 0 Å². The number of hydrogen-bond donors (Lipinski definition) is 0. The number of carbonyl (C=O) groups excluding carboxylic acids is 2. The van der Waals surface area contributed by atoms with E-state index in [9.17, 15) is 9.59 Å². The number of aryl methyl sites for hydroxylation is 1. The van der Waals surface area contributed by atoms with E-state index in [1.165, 1.54) is 6.08 Å². The van der Waals surface area contributed by atoms with Crippen molar-refractivity contribution in [1.82, 2.24) is 4.57 Å². The summed E-state index contributed by atoms with van der Waals surface area (Å²) in [5.74, 6) is -0.0804. The van der Waals surface area contributed by atoms with Crippen LogP contribution in [0.5, 0.6) is 5.75 Å². The van der Waals surface area contributed by atoms with E-state index in [4.69, 9.17) is 9.47 Å². The van der Waals surface area contributed by atoms with E-state index >= 15 is 0 Å². The lowest BCUT2D eigenvalue weighted by Gasteiger charge is -2.06. The molecule has 0 aliphatic heterocycles. The van der Waals surface area contributed by atoms with Crippen molar-refractivity contribution in [3.63, 3.8) is 0 Å². The molecule has 0 fully saturated rings. The van der Waals surface area contributed by atoms with Gasteiger partial charge in [0.25, 0.3) is 0 Å². The van der Waals surface area contributed by atoms with Gasteiger partial charge in [-0.05, 0) is 39.0 Å². The fraction of sp³-hybridized carbons (Fsp3) is 0.300. The normalized spacial score (nSPS) is 10.9. The molecule has 5 nitrogen and oxygen atoms in total. The zero-order valence-electron chi connectivity index (χ0n) is 15.0. The number of Topliss-reactive ketones (excluding diaryl/α,β-unsaturated/α-hetero) is 1. The first kappa shape index (κ1) is 18.5. The zero-order valence-corrected chi connectivity index (χ0v) is 15.0. The van der Waals surface area contributed by atoms with Gasteiger partial charge in [0.15, 0.2) is 6.61 Å².